The van der Waals surface area contributed by atoms with Crippen LogP contribution in [-0.2, 0) is 45.2 Å². The Balaban J connectivity index is 1.35. The normalized spacial score (nSPS) is 18.6. The van der Waals surface area contributed by atoms with Crippen LogP contribution in [0.15, 0.2) is 27.9 Å². The highest BCUT2D eigenvalue weighted by atomic mass is 32.2. The van der Waals surface area contributed by atoms with Gasteiger partial charge in [-0.1, -0.05) is 6.07 Å². The fraction of sp³-hybridized carbons (Fsp3) is 0.450. The number of fused-ring (bicyclic) bond motifs is 2. The van der Waals surface area contributed by atoms with Crippen LogP contribution >= 0.6 is 0 Å². The van der Waals surface area contributed by atoms with Gasteiger partial charge >= 0.3 is 6.03 Å². The highest BCUT2D eigenvalue weighted by Crippen LogP contribution is 2.38. The maximum Gasteiger partial charge on any atom is 0.333 e. The van der Waals surface area contributed by atoms with Crippen LogP contribution in [0.4, 0.5) is 10.5 Å². The Morgan fingerprint density at radius 3 is 2.28 bits per heavy atom. The number of carbonyl (C=O) groups is 1. The van der Waals surface area contributed by atoms with Crippen LogP contribution in [0.1, 0.15) is 46.9 Å². The number of sulfonamides is 1. The van der Waals surface area contributed by atoms with E-state index in [0.717, 1.165) is 55.3 Å². The third kappa shape index (κ3) is 3.43. The first-order valence-electron chi connectivity index (χ1n) is 9.83. The summed E-state index contributed by atoms with van der Waals surface area (Å²) in [7, 11) is -4.16. The summed E-state index contributed by atoms with van der Waals surface area (Å²) in [6.07, 6.45) is 6.50. The van der Waals surface area contributed by atoms with Crippen molar-refractivity contribution in [2.45, 2.75) is 49.9 Å². The summed E-state index contributed by atoms with van der Waals surface area (Å²) >= 11 is 0. The summed E-state index contributed by atoms with van der Waals surface area (Å²) in [5, 5.41) is 2.45. The van der Waals surface area contributed by atoms with E-state index in [1.165, 1.54) is 23.5 Å². The molecular weight excluding hydrogens is 396 g/mol. The van der Waals surface area contributed by atoms with Crippen molar-refractivity contribution in [1.82, 2.24) is 4.72 Å². The number of anilines is 1. The Morgan fingerprint density at radius 2 is 1.62 bits per heavy atom. The predicted molar refractivity (Wildman–Crippen MR) is 103 cm³/mol. The molecule has 5 rings (SSSR count). The first-order chi connectivity index (χ1) is 14.0. The van der Waals surface area contributed by atoms with Crippen LogP contribution in [-0.4, -0.2) is 27.7 Å². The Kier molecular flexibility index (Phi) is 4.60. The summed E-state index contributed by atoms with van der Waals surface area (Å²) in [6, 6.07) is 2.77. The minimum atomic E-state index is -4.16. The second-order valence-electron chi connectivity index (χ2n) is 7.57. The molecule has 29 heavy (non-hydrogen) atoms. The molecule has 2 amide bonds. The molecule has 0 saturated carbocycles. The number of ether oxygens (including phenoxy) is 2. The molecule has 1 aromatic carbocycles. The van der Waals surface area contributed by atoms with E-state index in [-0.39, 0.29) is 5.09 Å². The van der Waals surface area contributed by atoms with Crippen LogP contribution < -0.4 is 10.0 Å². The summed E-state index contributed by atoms with van der Waals surface area (Å²) in [5.41, 5.74) is 6.03. The number of amides is 2. The second-order valence-corrected chi connectivity index (χ2v) is 9.18. The van der Waals surface area contributed by atoms with Gasteiger partial charge in [0.25, 0.3) is 10.0 Å². The van der Waals surface area contributed by atoms with Crippen molar-refractivity contribution < 1.29 is 27.1 Å². The Labute approximate surface area is 168 Å². The lowest BCUT2D eigenvalue weighted by atomic mass is 9.99. The van der Waals surface area contributed by atoms with Crippen molar-refractivity contribution in [2.75, 3.05) is 18.5 Å². The number of aryl methyl sites for hydroxylation is 2. The number of nitrogens with one attached hydrogen (secondary N) is 2. The summed E-state index contributed by atoms with van der Waals surface area (Å²) < 4.78 is 43.0. The minimum absolute atomic E-state index is 0.356. The zero-order valence-electron chi connectivity index (χ0n) is 15.8. The summed E-state index contributed by atoms with van der Waals surface area (Å²) in [4.78, 5) is 12.6. The van der Waals surface area contributed by atoms with Crippen molar-refractivity contribution in [1.29, 1.82) is 0 Å². The van der Waals surface area contributed by atoms with Crippen LogP contribution in [0, 0.1) is 0 Å². The minimum Gasteiger partial charge on any atom is -0.451 e. The Bertz CT molecular complexity index is 1040. The fourth-order valence-electron chi connectivity index (χ4n) is 4.42. The molecule has 1 aliphatic heterocycles. The highest BCUT2D eigenvalue weighted by Gasteiger charge is 2.29. The van der Waals surface area contributed by atoms with Crippen LogP contribution in [0.3, 0.4) is 0 Å². The molecule has 2 heterocycles. The van der Waals surface area contributed by atoms with E-state index in [4.69, 9.17) is 13.9 Å². The van der Waals surface area contributed by atoms with Crippen LogP contribution in [0.5, 0.6) is 0 Å². The average molecular weight is 418 g/mol. The summed E-state index contributed by atoms with van der Waals surface area (Å²) in [5.74, 6) is 0. The molecule has 0 spiro atoms. The predicted octanol–water partition coefficient (Wildman–Crippen LogP) is 2.81. The largest absolute Gasteiger partial charge is 0.451 e. The van der Waals surface area contributed by atoms with Gasteiger partial charge in [-0.3, -0.25) is 0 Å². The molecular formula is C20H22N2O6S. The van der Waals surface area contributed by atoms with Crippen molar-refractivity contribution in [3.63, 3.8) is 0 Å². The molecule has 0 unspecified atom stereocenters. The standard InChI is InChI=1S/C20H22N2O6S/c23-20(21-18-15-5-1-3-12(15)9-13-4-2-6-16(13)18)22-29(24,25)17-10-14(11-28-17)19-26-7-8-27-19/h9-11,19H,1-8H2,(H2,21,22,23). The number of carbonyl (C=O) groups excluding carboxylic acids is 1. The van der Waals surface area contributed by atoms with Gasteiger partial charge in [-0.15, -0.1) is 0 Å². The lowest BCUT2D eigenvalue weighted by Crippen LogP contribution is -2.34. The van der Waals surface area contributed by atoms with Gasteiger partial charge in [0.15, 0.2) is 6.29 Å². The second kappa shape index (κ2) is 7.16. The molecule has 3 aliphatic rings. The maximum atomic E-state index is 12.6. The number of furan rings is 1. The molecule has 8 nitrogen and oxygen atoms in total. The van der Waals surface area contributed by atoms with E-state index in [1.807, 2.05) is 0 Å². The number of benzene rings is 1. The maximum absolute atomic E-state index is 12.6. The number of rotatable bonds is 4. The van der Waals surface area contributed by atoms with Crippen LogP contribution in [0.25, 0.3) is 0 Å². The Hall–Kier alpha value is -2.36. The van der Waals surface area contributed by atoms with Gasteiger partial charge in [-0.2, -0.15) is 8.42 Å². The quantitative estimate of drug-likeness (QED) is 0.791. The van der Waals surface area contributed by atoms with E-state index < -0.39 is 22.3 Å². The third-order valence-electron chi connectivity index (χ3n) is 5.69. The first kappa shape index (κ1) is 18.7. The zero-order valence-corrected chi connectivity index (χ0v) is 16.6. The summed E-state index contributed by atoms with van der Waals surface area (Å²) in [6.45, 7) is 0.870. The van der Waals surface area contributed by atoms with Crippen molar-refractivity contribution in [2.24, 2.45) is 0 Å². The van der Waals surface area contributed by atoms with E-state index in [9.17, 15) is 13.2 Å². The van der Waals surface area contributed by atoms with Crippen molar-refractivity contribution >= 4 is 21.7 Å². The molecule has 2 aliphatic carbocycles. The number of urea groups is 1. The third-order valence-corrected chi connectivity index (χ3v) is 6.89. The molecule has 1 aromatic heterocycles. The zero-order chi connectivity index (χ0) is 20.0. The van der Waals surface area contributed by atoms with Gasteiger partial charge in [-0.25, -0.2) is 9.52 Å². The van der Waals surface area contributed by atoms with E-state index >= 15 is 0 Å². The lowest BCUT2D eigenvalue weighted by molar-refractivity contribution is -0.0444. The molecule has 0 bridgehead atoms. The first-order valence-corrected chi connectivity index (χ1v) is 11.3. The molecule has 154 valence electrons. The molecule has 0 atom stereocenters. The van der Waals surface area contributed by atoms with Gasteiger partial charge in [0.1, 0.15) is 6.26 Å². The Morgan fingerprint density at radius 1 is 0.966 bits per heavy atom. The molecule has 1 fully saturated rings. The molecule has 9 heteroatoms. The number of hydrogen-bond donors (Lipinski definition) is 2. The van der Waals surface area contributed by atoms with E-state index in [0.29, 0.717) is 18.8 Å². The molecule has 2 N–H and O–H groups in total. The van der Waals surface area contributed by atoms with Gasteiger partial charge < -0.3 is 19.2 Å². The monoisotopic (exact) mass is 418 g/mol. The fourth-order valence-corrected chi connectivity index (χ4v) is 5.29. The smallest absolute Gasteiger partial charge is 0.333 e. The average Bonchev–Trinajstić information content (AvgIpc) is 3.46. The van der Waals surface area contributed by atoms with Crippen LogP contribution in [0.2, 0.25) is 0 Å². The van der Waals surface area contributed by atoms with Crippen molar-refractivity contribution in [3.05, 3.63) is 46.2 Å². The van der Waals surface area contributed by atoms with Gasteiger partial charge in [0, 0.05) is 17.3 Å². The molecule has 2 aromatic rings. The highest BCUT2D eigenvalue weighted by molar-refractivity contribution is 7.89. The van der Waals surface area contributed by atoms with Gasteiger partial charge in [0.2, 0.25) is 5.09 Å². The molecule has 0 radical (unpaired) electrons. The number of hydrogen-bond acceptors (Lipinski definition) is 6. The van der Waals surface area contributed by atoms with E-state index in [1.54, 1.807) is 0 Å². The molecule has 1 saturated heterocycles. The van der Waals surface area contributed by atoms with Gasteiger partial charge in [-0.05, 0) is 60.8 Å². The SMILES string of the molecule is O=C(Nc1c2c(cc3c1CCC3)CCC2)NS(=O)(=O)c1cc(C2OCCO2)co1. The lowest BCUT2D eigenvalue weighted by Gasteiger charge is -2.16. The van der Waals surface area contributed by atoms with Gasteiger partial charge in [0.05, 0.1) is 13.2 Å². The topological polar surface area (TPSA) is 107 Å². The van der Waals surface area contributed by atoms with E-state index in [2.05, 4.69) is 16.1 Å². The van der Waals surface area contributed by atoms with Crippen molar-refractivity contribution in [3.8, 4) is 0 Å².